The van der Waals surface area contributed by atoms with E-state index in [1.807, 2.05) is 9.47 Å². The van der Waals surface area contributed by atoms with Crippen LogP contribution in [0.5, 0.6) is 0 Å². The number of carbonyl (C=O) groups is 1. The Kier molecular flexibility index (Phi) is 4.04. The van der Waals surface area contributed by atoms with E-state index < -0.39 is 0 Å². The molecule has 1 aromatic rings. The molecule has 5 nitrogen and oxygen atoms in total. The van der Waals surface area contributed by atoms with Gasteiger partial charge in [-0.05, 0) is 26.7 Å². The van der Waals surface area contributed by atoms with Gasteiger partial charge < -0.3 is 9.47 Å². The first-order chi connectivity index (χ1) is 8.18. The van der Waals surface area contributed by atoms with Crippen LogP contribution in [0, 0.1) is 0 Å². The van der Waals surface area contributed by atoms with E-state index in [0.717, 1.165) is 31.1 Å². The molecule has 0 spiro atoms. The molecule has 1 aromatic heterocycles. The molecule has 0 aliphatic carbocycles. The second-order valence-corrected chi connectivity index (χ2v) is 5.43. The van der Waals surface area contributed by atoms with Gasteiger partial charge in [0.15, 0.2) is 5.16 Å². The number of hydrogen-bond acceptors (Lipinski definition) is 4. The fourth-order valence-corrected chi connectivity index (χ4v) is 2.82. The van der Waals surface area contributed by atoms with Crippen LogP contribution in [0.25, 0.3) is 0 Å². The van der Waals surface area contributed by atoms with Crippen LogP contribution in [0.1, 0.15) is 32.7 Å². The van der Waals surface area contributed by atoms with Gasteiger partial charge in [0, 0.05) is 19.1 Å². The Bertz CT molecular complexity index is 385. The van der Waals surface area contributed by atoms with Gasteiger partial charge in [-0.25, -0.2) is 0 Å². The number of nitrogens with zero attached hydrogens (tertiary/aromatic N) is 4. The second-order valence-electron chi connectivity index (χ2n) is 4.49. The Balaban J connectivity index is 1.88. The zero-order chi connectivity index (χ0) is 12.3. The molecule has 0 aromatic carbocycles. The largest absolute Gasteiger partial charge is 0.342 e. The van der Waals surface area contributed by atoms with E-state index in [-0.39, 0.29) is 5.91 Å². The maximum absolute atomic E-state index is 11.9. The SMILES string of the molecule is CC(C)n1cnnc1SCC(=O)N1CCCC1. The summed E-state index contributed by atoms with van der Waals surface area (Å²) in [6, 6.07) is 0.328. The molecule has 0 N–H and O–H groups in total. The molecule has 0 radical (unpaired) electrons. The highest BCUT2D eigenvalue weighted by Gasteiger charge is 2.19. The molecule has 17 heavy (non-hydrogen) atoms. The number of thioether (sulfide) groups is 1. The van der Waals surface area contributed by atoms with Crippen molar-refractivity contribution in [3.8, 4) is 0 Å². The Hall–Kier alpha value is -1.04. The van der Waals surface area contributed by atoms with Crippen LogP contribution in [-0.2, 0) is 4.79 Å². The van der Waals surface area contributed by atoms with Gasteiger partial charge in [0.1, 0.15) is 6.33 Å². The Labute approximate surface area is 106 Å². The summed E-state index contributed by atoms with van der Waals surface area (Å²) in [4.78, 5) is 13.8. The summed E-state index contributed by atoms with van der Waals surface area (Å²) < 4.78 is 1.99. The first kappa shape index (κ1) is 12.4. The maximum atomic E-state index is 11.9. The topological polar surface area (TPSA) is 51.0 Å². The standard InChI is InChI=1S/C11H18N4OS/c1-9(2)15-8-12-13-11(15)17-7-10(16)14-5-3-4-6-14/h8-9H,3-7H2,1-2H3. The van der Waals surface area contributed by atoms with Gasteiger partial charge in [0.2, 0.25) is 5.91 Å². The maximum Gasteiger partial charge on any atom is 0.233 e. The van der Waals surface area contributed by atoms with Crippen LogP contribution in [0.15, 0.2) is 11.5 Å². The summed E-state index contributed by atoms with van der Waals surface area (Å²) in [7, 11) is 0. The van der Waals surface area contributed by atoms with Crippen molar-refractivity contribution in [2.45, 2.75) is 37.9 Å². The molecule has 0 unspecified atom stereocenters. The minimum absolute atomic E-state index is 0.214. The van der Waals surface area contributed by atoms with E-state index in [0.29, 0.717) is 11.8 Å². The van der Waals surface area contributed by atoms with E-state index >= 15 is 0 Å². The van der Waals surface area contributed by atoms with Crippen molar-refractivity contribution in [3.05, 3.63) is 6.33 Å². The lowest BCUT2D eigenvalue weighted by Gasteiger charge is -2.15. The molecular formula is C11H18N4OS. The molecule has 1 amide bonds. The minimum atomic E-state index is 0.214. The molecule has 94 valence electrons. The van der Waals surface area contributed by atoms with E-state index in [1.165, 1.54) is 11.8 Å². The van der Waals surface area contributed by atoms with Crippen molar-refractivity contribution < 1.29 is 4.79 Å². The first-order valence-electron chi connectivity index (χ1n) is 5.98. The highest BCUT2D eigenvalue weighted by Crippen LogP contribution is 2.20. The molecule has 2 rings (SSSR count). The molecule has 2 heterocycles. The normalized spacial score (nSPS) is 15.8. The molecule has 1 aliphatic rings. The summed E-state index contributed by atoms with van der Waals surface area (Å²) >= 11 is 1.48. The van der Waals surface area contributed by atoms with Crippen molar-refractivity contribution in [1.82, 2.24) is 19.7 Å². The number of hydrogen-bond donors (Lipinski definition) is 0. The number of amides is 1. The average molecular weight is 254 g/mol. The Morgan fingerprint density at radius 3 is 2.82 bits per heavy atom. The predicted molar refractivity (Wildman–Crippen MR) is 66.9 cm³/mol. The average Bonchev–Trinajstić information content (AvgIpc) is 2.96. The van der Waals surface area contributed by atoms with Gasteiger partial charge in [-0.3, -0.25) is 4.79 Å². The van der Waals surface area contributed by atoms with Gasteiger partial charge in [-0.1, -0.05) is 11.8 Å². The van der Waals surface area contributed by atoms with E-state index in [2.05, 4.69) is 24.0 Å². The summed E-state index contributed by atoms with van der Waals surface area (Å²) in [6.07, 6.45) is 3.99. The van der Waals surface area contributed by atoms with E-state index in [1.54, 1.807) is 6.33 Å². The zero-order valence-electron chi connectivity index (χ0n) is 10.3. The summed E-state index contributed by atoms with van der Waals surface area (Å²) in [5, 5.41) is 8.75. The van der Waals surface area contributed by atoms with Gasteiger partial charge >= 0.3 is 0 Å². The van der Waals surface area contributed by atoms with Crippen LogP contribution in [0.4, 0.5) is 0 Å². The van der Waals surface area contributed by atoms with Crippen LogP contribution in [0.3, 0.4) is 0 Å². The fourth-order valence-electron chi connectivity index (χ4n) is 1.87. The van der Waals surface area contributed by atoms with Gasteiger partial charge in [0.05, 0.1) is 5.75 Å². The van der Waals surface area contributed by atoms with E-state index in [9.17, 15) is 4.79 Å². The minimum Gasteiger partial charge on any atom is -0.342 e. The van der Waals surface area contributed by atoms with Crippen molar-refractivity contribution in [1.29, 1.82) is 0 Å². The summed E-state index contributed by atoms with van der Waals surface area (Å²) in [5.41, 5.74) is 0. The lowest BCUT2D eigenvalue weighted by Crippen LogP contribution is -2.29. The lowest BCUT2D eigenvalue weighted by molar-refractivity contribution is -0.127. The van der Waals surface area contributed by atoms with Crippen LogP contribution in [-0.4, -0.2) is 44.4 Å². The van der Waals surface area contributed by atoms with Gasteiger partial charge in [-0.2, -0.15) is 0 Å². The zero-order valence-corrected chi connectivity index (χ0v) is 11.1. The third kappa shape index (κ3) is 3.00. The third-order valence-electron chi connectivity index (χ3n) is 2.88. The molecule has 1 saturated heterocycles. The van der Waals surface area contributed by atoms with Gasteiger partial charge in [-0.15, -0.1) is 10.2 Å². The highest BCUT2D eigenvalue weighted by molar-refractivity contribution is 7.99. The van der Waals surface area contributed by atoms with Crippen LogP contribution in [0.2, 0.25) is 0 Å². The molecule has 0 bridgehead atoms. The molecule has 0 saturated carbocycles. The molecule has 0 atom stereocenters. The molecular weight excluding hydrogens is 236 g/mol. The molecule has 1 aliphatic heterocycles. The Morgan fingerprint density at radius 1 is 1.47 bits per heavy atom. The van der Waals surface area contributed by atoms with Gasteiger partial charge in [0.25, 0.3) is 0 Å². The predicted octanol–water partition coefficient (Wildman–Crippen LogP) is 1.57. The lowest BCUT2D eigenvalue weighted by atomic mass is 10.4. The van der Waals surface area contributed by atoms with E-state index in [4.69, 9.17) is 0 Å². The van der Waals surface area contributed by atoms with Crippen molar-refractivity contribution in [2.24, 2.45) is 0 Å². The quantitative estimate of drug-likeness (QED) is 0.765. The van der Waals surface area contributed by atoms with Crippen molar-refractivity contribution in [3.63, 3.8) is 0 Å². The first-order valence-corrected chi connectivity index (χ1v) is 6.97. The molecule has 6 heteroatoms. The fraction of sp³-hybridized carbons (Fsp3) is 0.727. The second kappa shape index (κ2) is 5.53. The van der Waals surface area contributed by atoms with Crippen LogP contribution < -0.4 is 0 Å². The van der Waals surface area contributed by atoms with Crippen molar-refractivity contribution >= 4 is 17.7 Å². The summed E-state index contributed by atoms with van der Waals surface area (Å²) in [5.74, 6) is 0.677. The number of aromatic nitrogens is 3. The van der Waals surface area contributed by atoms with Crippen LogP contribution >= 0.6 is 11.8 Å². The number of likely N-dealkylation sites (tertiary alicyclic amines) is 1. The number of carbonyl (C=O) groups excluding carboxylic acids is 1. The third-order valence-corrected chi connectivity index (χ3v) is 3.82. The number of rotatable bonds is 4. The van der Waals surface area contributed by atoms with Crippen molar-refractivity contribution in [2.75, 3.05) is 18.8 Å². The monoisotopic (exact) mass is 254 g/mol. The smallest absolute Gasteiger partial charge is 0.233 e. The molecule has 1 fully saturated rings. The highest BCUT2D eigenvalue weighted by atomic mass is 32.2. The summed E-state index contributed by atoms with van der Waals surface area (Å²) in [6.45, 7) is 5.98. The Morgan fingerprint density at radius 2 is 2.18 bits per heavy atom.